The van der Waals surface area contributed by atoms with E-state index in [2.05, 4.69) is 9.88 Å². The zero-order valence-electron chi connectivity index (χ0n) is 18.1. The van der Waals surface area contributed by atoms with Gasteiger partial charge in [-0.3, -0.25) is 4.79 Å². The standard InChI is InChI=1S/C25H28N2O4/c1-4-23(25(28)29)20-13-14-26-24(15-20)27(16-18-5-9-21(30-2)10-6-18)17-19-7-11-22(31-3)12-8-19/h5-15,23H,4,16-17H2,1-3H3,(H,28,29). The van der Waals surface area contributed by atoms with Gasteiger partial charge in [-0.1, -0.05) is 31.2 Å². The van der Waals surface area contributed by atoms with Crippen molar-refractivity contribution in [3.05, 3.63) is 83.6 Å². The SMILES string of the molecule is CCC(C(=O)O)c1ccnc(N(Cc2ccc(OC)cc2)Cc2ccc(OC)cc2)c1. The summed E-state index contributed by atoms with van der Waals surface area (Å²) >= 11 is 0. The molecule has 0 radical (unpaired) electrons. The maximum atomic E-state index is 11.7. The van der Waals surface area contributed by atoms with Crippen LogP contribution in [-0.2, 0) is 17.9 Å². The maximum absolute atomic E-state index is 11.7. The van der Waals surface area contributed by atoms with E-state index in [1.165, 1.54) is 0 Å². The minimum Gasteiger partial charge on any atom is -0.497 e. The molecular weight excluding hydrogens is 392 g/mol. The minimum absolute atomic E-state index is 0.524. The molecule has 2 aromatic carbocycles. The fourth-order valence-electron chi connectivity index (χ4n) is 3.50. The van der Waals surface area contributed by atoms with Gasteiger partial charge in [0.2, 0.25) is 0 Å². The molecule has 6 nitrogen and oxygen atoms in total. The van der Waals surface area contributed by atoms with Crippen molar-refractivity contribution in [2.24, 2.45) is 0 Å². The van der Waals surface area contributed by atoms with Gasteiger partial charge in [0.05, 0.1) is 20.1 Å². The number of carbonyl (C=O) groups is 1. The summed E-state index contributed by atoms with van der Waals surface area (Å²) in [7, 11) is 3.29. The number of aromatic nitrogens is 1. The average Bonchev–Trinajstić information content (AvgIpc) is 2.80. The highest BCUT2D eigenvalue weighted by Gasteiger charge is 2.19. The van der Waals surface area contributed by atoms with Gasteiger partial charge in [-0.15, -0.1) is 0 Å². The van der Waals surface area contributed by atoms with Crippen molar-refractivity contribution < 1.29 is 19.4 Å². The maximum Gasteiger partial charge on any atom is 0.310 e. The summed E-state index contributed by atoms with van der Waals surface area (Å²) in [6.45, 7) is 3.12. The van der Waals surface area contributed by atoms with Crippen LogP contribution >= 0.6 is 0 Å². The first-order valence-electron chi connectivity index (χ1n) is 10.2. The predicted octanol–water partition coefficient (Wildman–Crippen LogP) is 4.88. The summed E-state index contributed by atoms with van der Waals surface area (Å²) in [6, 6.07) is 19.5. The molecule has 0 bridgehead atoms. The van der Waals surface area contributed by atoms with Crippen molar-refractivity contribution in [1.82, 2.24) is 4.98 Å². The van der Waals surface area contributed by atoms with Crippen LogP contribution in [0.3, 0.4) is 0 Å². The monoisotopic (exact) mass is 420 g/mol. The molecule has 0 aliphatic heterocycles. The third-order valence-corrected chi connectivity index (χ3v) is 5.27. The lowest BCUT2D eigenvalue weighted by molar-refractivity contribution is -0.138. The van der Waals surface area contributed by atoms with Gasteiger partial charge < -0.3 is 19.5 Å². The molecule has 1 heterocycles. The zero-order valence-corrected chi connectivity index (χ0v) is 18.1. The van der Waals surface area contributed by atoms with Crippen molar-refractivity contribution in [1.29, 1.82) is 0 Å². The number of nitrogens with zero attached hydrogens (tertiary/aromatic N) is 2. The lowest BCUT2D eigenvalue weighted by Gasteiger charge is -2.25. The first kappa shape index (κ1) is 22.2. The Balaban J connectivity index is 1.92. The smallest absolute Gasteiger partial charge is 0.310 e. The molecule has 0 aliphatic rings. The lowest BCUT2D eigenvalue weighted by atomic mass is 9.97. The van der Waals surface area contributed by atoms with Crippen LogP contribution in [0.1, 0.15) is 36.0 Å². The Bertz CT molecular complexity index is 938. The van der Waals surface area contributed by atoms with Crippen LogP contribution in [0.2, 0.25) is 0 Å². The quantitative estimate of drug-likeness (QED) is 0.504. The number of rotatable bonds is 10. The van der Waals surface area contributed by atoms with Crippen LogP contribution < -0.4 is 14.4 Å². The van der Waals surface area contributed by atoms with Crippen LogP contribution in [-0.4, -0.2) is 30.3 Å². The second-order valence-corrected chi connectivity index (χ2v) is 7.30. The predicted molar refractivity (Wildman–Crippen MR) is 121 cm³/mol. The number of carboxylic acid groups (broad SMARTS) is 1. The number of methoxy groups -OCH3 is 2. The summed E-state index contributed by atoms with van der Waals surface area (Å²) < 4.78 is 10.5. The van der Waals surface area contributed by atoms with Gasteiger partial charge in [-0.2, -0.15) is 0 Å². The van der Waals surface area contributed by atoms with E-state index >= 15 is 0 Å². The van der Waals surface area contributed by atoms with E-state index in [1.807, 2.05) is 61.5 Å². The summed E-state index contributed by atoms with van der Waals surface area (Å²) in [5.74, 6) is 0.974. The normalized spacial score (nSPS) is 11.6. The lowest BCUT2D eigenvalue weighted by Crippen LogP contribution is -2.23. The third kappa shape index (κ3) is 5.75. The van der Waals surface area contributed by atoms with E-state index in [9.17, 15) is 9.90 Å². The number of benzene rings is 2. The molecule has 1 N–H and O–H groups in total. The van der Waals surface area contributed by atoms with Gasteiger partial charge in [0, 0.05) is 19.3 Å². The largest absolute Gasteiger partial charge is 0.497 e. The Kier molecular flexibility index (Phi) is 7.49. The van der Waals surface area contributed by atoms with Crippen LogP contribution in [0, 0.1) is 0 Å². The molecule has 1 atom stereocenters. The third-order valence-electron chi connectivity index (χ3n) is 5.27. The Hall–Kier alpha value is -3.54. The molecule has 0 saturated carbocycles. The molecule has 1 unspecified atom stereocenters. The topological polar surface area (TPSA) is 71.9 Å². The van der Waals surface area contributed by atoms with Gasteiger partial charge in [0.1, 0.15) is 17.3 Å². The number of hydrogen-bond donors (Lipinski definition) is 1. The molecule has 0 spiro atoms. The van der Waals surface area contributed by atoms with Gasteiger partial charge in [0.25, 0.3) is 0 Å². The first-order valence-corrected chi connectivity index (χ1v) is 10.2. The van der Waals surface area contributed by atoms with E-state index in [1.54, 1.807) is 26.5 Å². The minimum atomic E-state index is -0.823. The number of aliphatic carboxylic acids is 1. The van der Waals surface area contributed by atoms with Crippen LogP contribution in [0.15, 0.2) is 66.9 Å². The van der Waals surface area contributed by atoms with Crippen molar-refractivity contribution >= 4 is 11.8 Å². The molecule has 0 aliphatic carbocycles. The molecule has 0 saturated heterocycles. The van der Waals surface area contributed by atoms with Crippen LogP contribution in [0.25, 0.3) is 0 Å². The average molecular weight is 421 g/mol. The second-order valence-electron chi connectivity index (χ2n) is 7.30. The number of ether oxygens (including phenoxy) is 2. The molecule has 162 valence electrons. The van der Waals surface area contributed by atoms with Gasteiger partial charge >= 0.3 is 5.97 Å². The van der Waals surface area contributed by atoms with E-state index in [-0.39, 0.29) is 0 Å². The van der Waals surface area contributed by atoms with Crippen LogP contribution in [0.4, 0.5) is 5.82 Å². The highest BCUT2D eigenvalue weighted by molar-refractivity contribution is 5.76. The summed E-state index contributed by atoms with van der Waals surface area (Å²) in [6.07, 6.45) is 2.21. The summed E-state index contributed by atoms with van der Waals surface area (Å²) in [4.78, 5) is 18.4. The zero-order chi connectivity index (χ0) is 22.2. The van der Waals surface area contributed by atoms with E-state index < -0.39 is 11.9 Å². The fraction of sp³-hybridized carbons (Fsp3) is 0.280. The Morgan fingerprint density at radius 2 is 1.45 bits per heavy atom. The molecule has 0 fully saturated rings. The van der Waals surface area contributed by atoms with E-state index in [4.69, 9.17) is 9.47 Å². The number of carboxylic acids is 1. The molecular formula is C25H28N2O4. The number of anilines is 1. The van der Waals surface area contributed by atoms with Crippen LogP contribution in [0.5, 0.6) is 11.5 Å². The fourth-order valence-corrected chi connectivity index (χ4v) is 3.50. The highest BCUT2D eigenvalue weighted by Crippen LogP contribution is 2.26. The molecule has 1 aromatic heterocycles. The number of hydrogen-bond acceptors (Lipinski definition) is 5. The second kappa shape index (κ2) is 10.5. The van der Waals surface area contributed by atoms with Gasteiger partial charge in [-0.25, -0.2) is 4.98 Å². The van der Waals surface area contributed by atoms with Crippen molar-refractivity contribution in [2.45, 2.75) is 32.4 Å². The number of pyridine rings is 1. The molecule has 6 heteroatoms. The van der Waals surface area contributed by atoms with Gasteiger partial charge in [-0.05, 0) is 59.5 Å². The molecule has 3 aromatic rings. The summed E-state index contributed by atoms with van der Waals surface area (Å²) in [5.41, 5.74) is 2.97. The van der Waals surface area contributed by atoms with Crippen molar-refractivity contribution in [3.8, 4) is 11.5 Å². The van der Waals surface area contributed by atoms with Crippen molar-refractivity contribution in [2.75, 3.05) is 19.1 Å². The molecule has 31 heavy (non-hydrogen) atoms. The van der Waals surface area contributed by atoms with E-state index in [0.29, 0.717) is 19.5 Å². The van der Waals surface area contributed by atoms with Crippen molar-refractivity contribution in [3.63, 3.8) is 0 Å². The van der Waals surface area contributed by atoms with E-state index in [0.717, 1.165) is 34.0 Å². The Morgan fingerprint density at radius 1 is 0.935 bits per heavy atom. The first-order chi connectivity index (χ1) is 15.0. The Morgan fingerprint density at radius 3 is 1.87 bits per heavy atom. The van der Waals surface area contributed by atoms with Gasteiger partial charge in [0.15, 0.2) is 0 Å². The molecule has 0 amide bonds. The Labute approximate surface area is 183 Å². The summed E-state index contributed by atoms with van der Waals surface area (Å²) in [5, 5.41) is 9.57. The molecule has 3 rings (SSSR count). The highest BCUT2D eigenvalue weighted by atomic mass is 16.5.